The van der Waals surface area contributed by atoms with Crippen LogP contribution >= 0.6 is 0 Å². The molecule has 0 spiro atoms. The molecule has 0 aliphatic carbocycles. The smallest absolute Gasteiger partial charge is 0.164 e. The van der Waals surface area contributed by atoms with E-state index in [1.54, 1.807) is 0 Å². The van der Waals surface area contributed by atoms with Crippen molar-refractivity contribution in [2.24, 2.45) is 0 Å². The fraction of sp³-hybridized carbons (Fsp3) is 0. The third-order valence-electron chi connectivity index (χ3n) is 10.3. The predicted octanol–water partition coefficient (Wildman–Crippen LogP) is 13.3. The fourth-order valence-electron chi connectivity index (χ4n) is 7.70. The molecule has 3 nitrogen and oxygen atoms in total. The minimum absolute atomic E-state index is 0.631. The first-order chi connectivity index (χ1) is 26.8. The monoisotopic (exact) mass is 687 g/mol. The molecule has 0 unspecified atom stereocenters. The summed E-state index contributed by atoms with van der Waals surface area (Å²) in [5.41, 5.74) is 9.73. The molecule has 0 amide bonds. The van der Waals surface area contributed by atoms with E-state index in [9.17, 15) is 0 Å². The molecule has 0 saturated heterocycles. The van der Waals surface area contributed by atoms with E-state index in [0.29, 0.717) is 17.5 Å². The number of hydrogen-bond donors (Lipinski definition) is 0. The van der Waals surface area contributed by atoms with Gasteiger partial charge in [-0.25, -0.2) is 15.0 Å². The molecule has 0 aliphatic heterocycles. The van der Waals surface area contributed by atoms with Gasteiger partial charge in [0.25, 0.3) is 0 Å². The largest absolute Gasteiger partial charge is 0.208 e. The molecular formula is C51H33N3. The van der Waals surface area contributed by atoms with E-state index in [1.807, 2.05) is 12.1 Å². The highest BCUT2D eigenvalue weighted by molar-refractivity contribution is 6.17. The Labute approximate surface area is 313 Å². The molecule has 3 heteroatoms. The van der Waals surface area contributed by atoms with E-state index in [1.165, 1.54) is 32.7 Å². The SMILES string of the molecule is c1ccc(-c2cccc(-c3nc(-c4cccc(-c5ccccc5)c4)nc(-c4ccc(-c5cc6ccccc6c6ccccc56)c5ccccc45)n3)c2)cc1. The Morgan fingerprint density at radius 2 is 0.630 bits per heavy atom. The van der Waals surface area contributed by atoms with E-state index in [0.717, 1.165) is 49.7 Å². The van der Waals surface area contributed by atoms with Gasteiger partial charge in [0.2, 0.25) is 0 Å². The molecule has 0 radical (unpaired) electrons. The minimum atomic E-state index is 0.631. The third-order valence-corrected chi connectivity index (χ3v) is 10.3. The zero-order valence-electron chi connectivity index (χ0n) is 29.4. The van der Waals surface area contributed by atoms with E-state index in [-0.39, 0.29) is 0 Å². The summed E-state index contributed by atoms with van der Waals surface area (Å²) in [6.45, 7) is 0. The first kappa shape index (κ1) is 31.5. The number of benzene rings is 9. The average Bonchev–Trinajstić information content (AvgIpc) is 3.26. The van der Waals surface area contributed by atoms with E-state index < -0.39 is 0 Å². The zero-order chi connectivity index (χ0) is 35.8. The summed E-state index contributed by atoms with van der Waals surface area (Å²) >= 11 is 0. The van der Waals surface area contributed by atoms with Crippen molar-refractivity contribution < 1.29 is 0 Å². The molecule has 0 fully saturated rings. The molecule has 0 N–H and O–H groups in total. The molecule has 0 atom stereocenters. The standard InChI is InChI=1S/C51H33N3/c1-3-15-34(16-4-1)36-20-13-22-39(31-36)49-52-50(40-23-14-21-37(32-40)35-17-5-2-6-18-35)54-51(53-49)47-30-29-46(43-26-10-11-27-44(43)47)48-33-38-19-7-8-24-41(38)42-25-9-12-28-45(42)48/h1-33H. The van der Waals surface area contributed by atoms with Gasteiger partial charge >= 0.3 is 0 Å². The Morgan fingerprint density at radius 1 is 0.222 bits per heavy atom. The quantitative estimate of drug-likeness (QED) is 0.163. The van der Waals surface area contributed by atoms with Crippen LogP contribution in [0.25, 0.3) is 99.9 Å². The van der Waals surface area contributed by atoms with Crippen LogP contribution in [0.4, 0.5) is 0 Å². The lowest BCUT2D eigenvalue weighted by molar-refractivity contribution is 1.08. The summed E-state index contributed by atoms with van der Waals surface area (Å²) < 4.78 is 0. The summed E-state index contributed by atoms with van der Waals surface area (Å²) in [7, 11) is 0. The Balaban J connectivity index is 1.18. The molecule has 0 saturated carbocycles. The summed E-state index contributed by atoms with van der Waals surface area (Å²) in [4.78, 5) is 15.6. The Hall–Kier alpha value is -7.23. The molecule has 1 aromatic heterocycles. The molecule has 0 aliphatic rings. The van der Waals surface area contributed by atoms with Crippen molar-refractivity contribution in [3.8, 4) is 67.5 Å². The topological polar surface area (TPSA) is 38.7 Å². The van der Waals surface area contributed by atoms with Crippen molar-refractivity contribution in [2.75, 3.05) is 0 Å². The molecule has 0 bridgehead atoms. The number of rotatable bonds is 6. The van der Waals surface area contributed by atoms with Gasteiger partial charge in [-0.3, -0.25) is 0 Å². The highest BCUT2D eigenvalue weighted by Crippen LogP contribution is 2.41. The van der Waals surface area contributed by atoms with Gasteiger partial charge in [-0.15, -0.1) is 0 Å². The molecule has 1 heterocycles. The Kier molecular flexibility index (Phi) is 7.81. The van der Waals surface area contributed by atoms with Gasteiger partial charge < -0.3 is 0 Å². The van der Waals surface area contributed by atoms with E-state index in [4.69, 9.17) is 15.0 Å². The highest BCUT2D eigenvalue weighted by Gasteiger charge is 2.18. The predicted molar refractivity (Wildman–Crippen MR) is 225 cm³/mol. The van der Waals surface area contributed by atoms with Gasteiger partial charge in [-0.1, -0.05) is 176 Å². The summed E-state index contributed by atoms with van der Waals surface area (Å²) in [5, 5.41) is 7.20. The molecule has 54 heavy (non-hydrogen) atoms. The molecule has 9 aromatic carbocycles. The summed E-state index contributed by atoms with van der Waals surface area (Å²) in [6.07, 6.45) is 0. The van der Waals surface area contributed by atoms with Crippen molar-refractivity contribution >= 4 is 32.3 Å². The van der Waals surface area contributed by atoms with Gasteiger partial charge in [-0.05, 0) is 90.0 Å². The molecule has 10 aromatic rings. The molecular weight excluding hydrogens is 655 g/mol. The third kappa shape index (κ3) is 5.69. The van der Waals surface area contributed by atoms with Crippen LogP contribution < -0.4 is 0 Å². The van der Waals surface area contributed by atoms with Gasteiger partial charge in [0, 0.05) is 16.7 Å². The van der Waals surface area contributed by atoms with Crippen molar-refractivity contribution in [2.45, 2.75) is 0 Å². The number of aromatic nitrogens is 3. The van der Waals surface area contributed by atoms with Gasteiger partial charge in [0.15, 0.2) is 17.5 Å². The molecule has 252 valence electrons. The van der Waals surface area contributed by atoms with Crippen LogP contribution in [-0.2, 0) is 0 Å². The maximum Gasteiger partial charge on any atom is 0.164 e. The second-order valence-corrected chi connectivity index (χ2v) is 13.6. The summed E-state index contributed by atoms with van der Waals surface area (Å²) in [5.74, 6) is 1.90. The van der Waals surface area contributed by atoms with Crippen LogP contribution in [0.15, 0.2) is 200 Å². The maximum atomic E-state index is 5.24. The van der Waals surface area contributed by atoms with E-state index >= 15 is 0 Å². The van der Waals surface area contributed by atoms with Gasteiger partial charge in [0.05, 0.1) is 0 Å². The normalized spacial score (nSPS) is 11.3. The minimum Gasteiger partial charge on any atom is -0.208 e. The number of hydrogen-bond acceptors (Lipinski definition) is 3. The Bertz CT molecular complexity index is 2890. The number of nitrogens with zero attached hydrogens (tertiary/aromatic N) is 3. The van der Waals surface area contributed by atoms with Crippen LogP contribution in [0.2, 0.25) is 0 Å². The highest BCUT2D eigenvalue weighted by atomic mass is 15.0. The second kappa shape index (κ2) is 13.4. The van der Waals surface area contributed by atoms with Crippen LogP contribution in [0.3, 0.4) is 0 Å². The average molecular weight is 688 g/mol. The zero-order valence-corrected chi connectivity index (χ0v) is 29.4. The summed E-state index contributed by atoms with van der Waals surface area (Å²) in [6, 6.07) is 70.5. The van der Waals surface area contributed by atoms with Crippen LogP contribution in [-0.4, -0.2) is 15.0 Å². The number of fused-ring (bicyclic) bond motifs is 4. The van der Waals surface area contributed by atoms with Crippen molar-refractivity contribution in [3.63, 3.8) is 0 Å². The lowest BCUT2D eigenvalue weighted by Crippen LogP contribution is -2.01. The van der Waals surface area contributed by atoms with Gasteiger partial charge in [-0.2, -0.15) is 0 Å². The van der Waals surface area contributed by atoms with Crippen molar-refractivity contribution in [1.82, 2.24) is 15.0 Å². The maximum absolute atomic E-state index is 5.24. The van der Waals surface area contributed by atoms with Crippen LogP contribution in [0.5, 0.6) is 0 Å². The van der Waals surface area contributed by atoms with Gasteiger partial charge in [0.1, 0.15) is 0 Å². The molecule has 10 rings (SSSR count). The van der Waals surface area contributed by atoms with Crippen LogP contribution in [0.1, 0.15) is 0 Å². The first-order valence-electron chi connectivity index (χ1n) is 18.3. The fourth-order valence-corrected chi connectivity index (χ4v) is 7.70. The van der Waals surface area contributed by atoms with Crippen molar-refractivity contribution in [1.29, 1.82) is 0 Å². The van der Waals surface area contributed by atoms with E-state index in [2.05, 4.69) is 188 Å². The van der Waals surface area contributed by atoms with Crippen LogP contribution in [0, 0.1) is 0 Å². The lowest BCUT2D eigenvalue weighted by atomic mass is 9.89. The Morgan fingerprint density at radius 3 is 1.22 bits per heavy atom. The second-order valence-electron chi connectivity index (χ2n) is 13.6. The lowest BCUT2D eigenvalue weighted by Gasteiger charge is -2.16. The first-order valence-corrected chi connectivity index (χ1v) is 18.3. The van der Waals surface area contributed by atoms with Crippen molar-refractivity contribution in [3.05, 3.63) is 200 Å².